The van der Waals surface area contributed by atoms with E-state index in [1.165, 1.54) is 23.1 Å². The molecule has 1 saturated heterocycles. The summed E-state index contributed by atoms with van der Waals surface area (Å²) in [4.78, 5) is 24.1. The predicted molar refractivity (Wildman–Crippen MR) is 65.0 cm³/mol. The number of carboxylic acid groups (broad SMARTS) is 1. The normalized spacial score (nSPS) is 19.8. The first-order chi connectivity index (χ1) is 7.99. The first-order valence-corrected chi connectivity index (χ1v) is 5.77. The fourth-order valence-electron chi connectivity index (χ4n) is 1.81. The number of carbonyl (C=O) groups is 2. The summed E-state index contributed by atoms with van der Waals surface area (Å²) in [6.07, 6.45) is 0.215. The average Bonchev–Trinajstić information content (AvgIpc) is 2.57. The molecule has 1 N–H and O–H groups in total. The summed E-state index contributed by atoms with van der Waals surface area (Å²) in [5.41, 5.74) is 0.353. The van der Waals surface area contributed by atoms with Gasteiger partial charge >= 0.3 is 5.97 Å². The van der Waals surface area contributed by atoms with Crippen LogP contribution in [0.25, 0.3) is 0 Å². The number of aromatic carboxylic acids is 1. The summed E-state index contributed by atoms with van der Waals surface area (Å²) in [6, 6.07) is 4.33. The molecule has 1 fully saturated rings. The summed E-state index contributed by atoms with van der Waals surface area (Å²) in [7, 11) is 0. The molecule has 90 valence electrons. The Hall–Kier alpha value is -1.26. The van der Waals surface area contributed by atoms with E-state index in [0.29, 0.717) is 17.3 Å². The Morgan fingerprint density at radius 3 is 2.71 bits per heavy atom. The highest BCUT2D eigenvalue weighted by Gasteiger charge is 2.31. The maximum Gasteiger partial charge on any atom is 0.337 e. The standard InChI is InChI=1S/C11H9Cl2NO3/c12-6-1-2-8(11(16)17)9(3-6)14-5-7(13)4-10(14)15/h1-3,7H,4-5H2,(H,16,17). The Morgan fingerprint density at radius 1 is 1.47 bits per heavy atom. The second-order valence-electron chi connectivity index (χ2n) is 3.77. The minimum absolute atomic E-state index is 0.0496. The molecule has 1 aliphatic heterocycles. The number of carbonyl (C=O) groups excluding carboxylic acids is 1. The van der Waals surface area contributed by atoms with Gasteiger partial charge in [0.1, 0.15) is 0 Å². The number of halogens is 2. The maximum atomic E-state index is 11.7. The molecule has 1 aromatic carbocycles. The molecule has 0 aliphatic carbocycles. The summed E-state index contributed by atoms with van der Waals surface area (Å²) >= 11 is 11.7. The molecule has 6 heteroatoms. The highest BCUT2D eigenvalue weighted by molar-refractivity contribution is 6.31. The van der Waals surface area contributed by atoms with Gasteiger partial charge in [0.25, 0.3) is 0 Å². The molecule has 2 rings (SSSR count). The second-order valence-corrected chi connectivity index (χ2v) is 4.83. The van der Waals surface area contributed by atoms with Crippen LogP contribution in [0.4, 0.5) is 5.69 Å². The quantitative estimate of drug-likeness (QED) is 0.842. The van der Waals surface area contributed by atoms with Crippen LogP contribution >= 0.6 is 23.2 Å². The van der Waals surface area contributed by atoms with Crippen molar-refractivity contribution in [3.63, 3.8) is 0 Å². The van der Waals surface area contributed by atoms with Crippen molar-refractivity contribution in [3.05, 3.63) is 28.8 Å². The van der Waals surface area contributed by atoms with Gasteiger partial charge in [0, 0.05) is 18.0 Å². The Labute approximate surface area is 108 Å². The topological polar surface area (TPSA) is 57.6 Å². The highest BCUT2D eigenvalue weighted by atomic mass is 35.5. The number of alkyl halides is 1. The third kappa shape index (κ3) is 2.37. The molecule has 4 nitrogen and oxygen atoms in total. The number of anilines is 1. The Kier molecular flexibility index (Phi) is 3.26. The molecule has 1 aliphatic rings. The van der Waals surface area contributed by atoms with Crippen LogP contribution < -0.4 is 4.90 Å². The van der Waals surface area contributed by atoms with Gasteiger partial charge in [-0.3, -0.25) is 4.79 Å². The van der Waals surface area contributed by atoms with E-state index >= 15 is 0 Å². The lowest BCUT2D eigenvalue weighted by atomic mass is 10.1. The van der Waals surface area contributed by atoms with Crippen LogP contribution in [0, 0.1) is 0 Å². The number of amides is 1. The van der Waals surface area contributed by atoms with Crippen molar-refractivity contribution in [2.45, 2.75) is 11.8 Å². The van der Waals surface area contributed by atoms with E-state index in [9.17, 15) is 9.59 Å². The molecule has 1 aromatic rings. The number of rotatable bonds is 2. The van der Waals surface area contributed by atoms with E-state index < -0.39 is 5.97 Å². The molecule has 0 aromatic heterocycles. The fraction of sp³-hybridized carbons (Fsp3) is 0.273. The predicted octanol–water partition coefficient (Wildman–Crippen LogP) is 2.38. The molecule has 0 radical (unpaired) electrons. The van der Waals surface area contributed by atoms with Gasteiger partial charge in [-0.25, -0.2) is 4.79 Å². The number of hydrogen-bond donors (Lipinski definition) is 1. The van der Waals surface area contributed by atoms with E-state index in [1.807, 2.05) is 0 Å². The van der Waals surface area contributed by atoms with Crippen molar-refractivity contribution in [3.8, 4) is 0 Å². The van der Waals surface area contributed by atoms with Crippen LogP contribution in [-0.2, 0) is 4.79 Å². The molecule has 1 unspecified atom stereocenters. The number of benzene rings is 1. The van der Waals surface area contributed by atoms with Crippen molar-refractivity contribution in [1.29, 1.82) is 0 Å². The van der Waals surface area contributed by atoms with Crippen LogP contribution in [0.15, 0.2) is 18.2 Å². The Balaban J connectivity index is 2.46. The van der Waals surface area contributed by atoms with Gasteiger partial charge < -0.3 is 10.0 Å². The first-order valence-electron chi connectivity index (χ1n) is 4.96. The largest absolute Gasteiger partial charge is 0.478 e. The zero-order valence-corrected chi connectivity index (χ0v) is 10.2. The third-order valence-electron chi connectivity index (χ3n) is 2.56. The molecular weight excluding hydrogens is 265 g/mol. The van der Waals surface area contributed by atoms with Gasteiger partial charge in [0.05, 0.1) is 16.6 Å². The highest BCUT2D eigenvalue weighted by Crippen LogP contribution is 2.30. The second kappa shape index (κ2) is 4.55. The summed E-state index contributed by atoms with van der Waals surface area (Å²) in [5.74, 6) is -1.28. The zero-order chi connectivity index (χ0) is 12.6. The summed E-state index contributed by atoms with van der Waals surface area (Å²) in [6.45, 7) is 0.307. The van der Waals surface area contributed by atoms with E-state index in [0.717, 1.165) is 0 Å². The van der Waals surface area contributed by atoms with Crippen molar-refractivity contribution < 1.29 is 14.7 Å². The molecule has 17 heavy (non-hydrogen) atoms. The number of carboxylic acids is 1. The van der Waals surface area contributed by atoms with Gasteiger partial charge in [-0.05, 0) is 18.2 Å². The molecule has 1 amide bonds. The molecule has 0 saturated carbocycles. The fourth-order valence-corrected chi connectivity index (χ4v) is 2.24. The van der Waals surface area contributed by atoms with Crippen LogP contribution in [0.1, 0.15) is 16.8 Å². The molecule has 1 heterocycles. The minimum Gasteiger partial charge on any atom is -0.478 e. The third-order valence-corrected chi connectivity index (χ3v) is 3.09. The zero-order valence-electron chi connectivity index (χ0n) is 8.69. The average molecular weight is 274 g/mol. The maximum absolute atomic E-state index is 11.7. The van der Waals surface area contributed by atoms with Gasteiger partial charge in [-0.15, -0.1) is 11.6 Å². The number of hydrogen-bond acceptors (Lipinski definition) is 2. The summed E-state index contributed by atoms with van der Waals surface area (Å²) < 4.78 is 0. The smallest absolute Gasteiger partial charge is 0.337 e. The molecule has 0 spiro atoms. The van der Waals surface area contributed by atoms with Crippen LogP contribution in [-0.4, -0.2) is 28.9 Å². The van der Waals surface area contributed by atoms with Crippen LogP contribution in [0.3, 0.4) is 0 Å². The molecule has 1 atom stereocenters. The van der Waals surface area contributed by atoms with Crippen molar-refractivity contribution in [2.75, 3.05) is 11.4 Å². The van der Waals surface area contributed by atoms with Crippen molar-refractivity contribution >= 4 is 40.8 Å². The van der Waals surface area contributed by atoms with Crippen LogP contribution in [0.5, 0.6) is 0 Å². The monoisotopic (exact) mass is 273 g/mol. The number of nitrogens with zero attached hydrogens (tertiary/aromatic N) is 1. The Morgan fingerprint density at radius 2 is 2.18 bits per heavy atom. The van der Waals surface area contributed by atoms with Gasteiger partial charge in [-0.2, -0.15) is 0 Å². The molecule has 0 bridgehead atoms. The first kappa shape index (κ1) is 12.2. The lowest BCUT2D eigenvalue weighted by Gasteiger charge is -2.18. The van der Waals surface area contributed by atoms with E-state index in [-0.39, 0.29) is 23.3 Å². The van der Waals surface area contributed by atoms with E-state index in [2.05, 4.69) is 0 Å². The van der Waals surface area contributed by atoms with Gasteiger partial charge in [-0.1, -0.05) is 11.6 Å². The Bertz CT molecular complexity index is 490. The summed E-state index contributed by atoms with van der Waals surface area (Å²) in [5, 5.41) is 9.15. The van der Waals surface area contributed by atoms with E-state index in [1.54, 1.807) is 0 Å². The minimum atomic E-state index is -1.09. The molecular formula is C11H9Cl2NO3. The van der Waals surface area contributed by atoms with Gasteiger partial charge in [0.2, 0.25) is 5.91 Å². The van der Waals surface area contributed by atoms with E-state index in [4.69, 9.17) is 28.3 Å². The van der Waals surface area contributed by atoms with Crippen molar-refractivity contribution in [1.82, 2.24) is 0 Å². The van der Waals surface area contributed by atoms with Gasteiger partial charge in [0.15, 0.2) is 0 Å². The lowest BCUT2D eigenvalue weighted by Crippen LogP contribution is -2.26. The van der Waals surface area contributed by atoms with Crippen molar-refractivity contribution in [2.24, 2.45) is 0 Å². The van der Waals surface area contributed by atoms with Crippen LogP contribution in [0.2, 0.25) is 5.02 Å². The SMILES string of the molecule is O=C(O)c1ccc(Cl)cc1N1CC(Cl)CC1=O. The lowest BCUT2D eigenvalue weighted by molar-refractivity contribution is -0.117.